The van der Waals surface area contributed by atoms with E-state index >= 15 is 0 Å². The lowest BCUT2D eigenvalue weighted by Crippen LogP contribution is -2.26. The van der Waals surface area contributed by atoms with Gasteiger partial charge in [0.15, 0.2) is 0 Å². The third kappa shape index (κ3) is 4.84. The monoisotopic (exact) mass is 374 g/mol. The molecule has 3 aromatic carbocycles. The van der Waals surface area contributed by atoms with Crippen molar-refractivity contribution in [2.75, 3.05) is 5.75 Å². The van der Waals surface area contributed by atoms with E-state index in [1.54, 1.807) is 0 Å². The van der Waals surface area contributed by atoms with Crippen LogP contribution in [-0.2, 0) is 4.75 Å². The number of benzene rings is 3. The predicted molar refractivity (Wildman–Crippen MR) is 120 cm³/mol. The van der Waals surface area contributed by atoms with Crippen molar-refractivity contribution in [1.82, 2.24) is 0 Å². The van der Waals surface area contributed by atoms with Crippen molar-refractivity contribution in [2.24, 2.45) is 0 Å². The van der Waals surface area contributed by atoms with Crippen LogP contribution in [0.15, 0.2) is 91.0 Å². The van der Waals surface area contributed by atoms with E-state index in [9.17, 15) is 0 Å². The Morgan fingerprint density at radius 2 is 0.963 bits per heavy atom. The van der Waals surface area contributed by atoms with E-state index in [1.165, 1.54) is 54.5 Å². The molecule has 0 radical (unpaired) electrons. The molecular formula is C26H30S. The van der Waals surface area contributed by atoms with Crippen molar-refractivity contribution >= 4 is 11.8 Å². The van der Waals surface area contributed by atoms with E-state index in [1.807, 2.05) is 0 Å². The highest BCUT2D eigenvalue weighted by atomic mass is 32.2. The predicted octanol–water partition coefficient (Wildman–Crippen LogP) is 7.68. The lowest BCUT2D eigenvalue weighted by atomic mass is 9.84. The lowest BCUT2D eigenvalue weighted by molar-refractivity contribution is 0.658. The number of hydrogen-bond donors (Lipinski definition) is 0. The van der Waals surface area contributed by atoms with Crippen molar-refractivity contribution in [3.8, 4) is 0 Å². The highest BCUT2D eigenvalue weighted by Gasteiger charge is 2.36. The summed E-state index contributed by atoms with van der Waals surface area (Å²) in [5.41, 5.74) is 4.09. The van der Waals surface area contributed by atoms with Gasteiger partial charge in [0.05, 0.1) is 4.75 Å². The standard InChI is InChI=1S/C26H30S/c1-2-3-4-5-15-22-27-26(23-16-9-6-10-17-23,24-18-11-7-12-19-24)25-20-13-8-14-21-25/h6-14,16-21H,2-5,15,22H2,1H3. The summed E-state index contributed by atoms with van der Waals surface area (Å²) < 4.78 is -0.158. The minimum absolute atomic E-state index is 0.158. The van der Waals surface area contributed by atoms with Crippen molar-refractivity contribution in [2.45, 2.75) is 43.8 Å². The molecule has 0 saturated carbocycles. The van der Waals surface area contributed by atoms with Crippen LogP contribution in [0.5, 0.6) is 0 Å². The van der Waals surface area contributed by atoms with Crippen molar-refractivity contribution in [3.63, 3.8) is 0 Å². The molecule has 0 aromatic heterocycles. The first-order valence-corrected chi connectivity index (χ1v) is 11.2. The quantitative estimate of drug-likeness (QED) is 0.259. The lowest BCUT2D eigenvalue weighted by Gasteiger charge is -2.35. The first-order valence-electron chi connectivity index (χ1n) is 10.2. The molecule has 140 valence electrons. The van der Waals surface area contributed by atoms with E-state index in [2.05, 4.69) is 110 Å². The fraction of sp³-hybridized carbons (Fsp3) is 0.308. The first-order chi connectivity index (χ1) is 13.4. The molecular weight excluding hydrogens is 344 g/mol. The molecule has 0 unspecified atom stereocenters. The zero-order chi connectivity index (χ0) is 18.8. The highest BCUT2D eigenvalue weighted by Crippen LogP contribution is 2.48. The van der Waals surface area contributed by atoms with E-state index in [0.717, 1.165) is 0 Å². The van der Waals surface area contributed by atoms with Gasteiger partial charge in [-0.3, -0.25) is 0 Å². The molecule has 0 atom stereocenters. The first kappa shape index (κ1) is 19.8. The average molecular weight is 375 g/mol. The summed E-state index contributed by atoms with van der Waals surface area (Å²) in [4.78, 5) is 0. The second-order valence-corrected chi connectivity index (χ2v) is 8.35. The molecule has 0 spiro atoms. The van der Waals surface area contributed by atoms with Gasteiger partial charge < -0.3 is 0 Å². The van der Waals surface area contributed by atoms with Crippen LogP contribution in [0.25, 0.3) is 0 Å². The average Bonchev–Trinajstić information content (AvgIpc) is 2.75. The third-order valence-corrected chi connectivity index (χ3v) is 6.74. The van der Waals surface area contributed by atoms with Gasteiger partial charge in [0.1, 0.15) is 0 Å². The third-order valence-electron chi connectivity index (χ3n) is 5.11. The Bertz CT molecular complexity index is 668. The van der Waals surface area contributed by atoms with E-state index in [0.29, 0.717) is 0 Å². The number of thioether (sulfide) groups is 1. The molecule has 0 aliphatic heterocycles. The largest absolute Gasteiger partial charge is 0.141 e. The molecule has 0 fully saturated rings. The SMILES string of the molecule is CCCCCCCSC(c1ccccc1)(c1ccccc1)c1ccccc1. The van der Waals surface area contributed by atoms with Gasteiger partial charge >= 0.3 is 0 Å². The van der Waals surface area contributed by atoms with Crippen LogP contribution in [0.2, 0.25) is 0 Å². The van der Waals surface area contributed by atoms with E-state index < -0.39 is 0 Å². The second kappa shape index (κ2) is 10.4. The molecule has 3 rings (SSSR count). The van der Waals surface area contributed by atoms with Gasteiger partial charge in [-0.2, -0.15) is 0 Å². The topological polar surface area (TPSA) is 0 Å². The highest BCUT2D eigenvalue weighted by molar-refractivity contribution is 8.00. The summed E-state index contributed by atoms with van der Waals surface area (Å²) in [6, 6.07) is 33.0. The Labute approximate surface area is 169 Å². The van der Waals surface area contributed by atoms with Gasteiger partial charge in [-0.1, -0.05) is 124 Å². The summed E-state index contributed by atoms with van der Waals surface area (Å²) in [5, 5.41) is 0. The number of unbranched alkanes of at least 4 members (excludes halogenated alkanes) is 4. The summed E-state index contributed by atoms with van der Waals surface area (Å²) in [7, 11) is 0. The molecule has 3 aromatic rings. The van der Waals surface area contributed by atoms with Crippen molar-refractivity contribution in [3.05, 3.63) is 108 Å². The van der Waals surface area contributed by atoms with Crippen LogP contribution in [0, 0.1) is 0 Å². The van der Waals surface area contributed by atoms with E-state index in [-0.39, 0.29) is 4.75 Å². The molecule has 0 aliphatic carbocycles. The smallest absolute Gasteiger partial charge is 0.0906 e. The Balaban J connectivity index is 1.98. The summed E-state index contributed by atoms with van der Waals surface area (Å²) in [6.45, 7) is 2.28. The Morgan fingerprint density at radius 3 is 1.37 bits per heavy atom. The molecule has 0 saturated heterocycles. The minimum atomic E-state index is -0.158. The van der Waals surface area contributed by atoms with Gasteiger partial charge in [-0.05, 0) is 28.9 Å². The number of rotatable bonds is 10. The van der Waals surface area contributed by atoms with Gasteiger partial charge in [0.25, 0.3) is 0 Å². The van der Waals surface area contributed by atoms with Crippen LogP contribution >= 0.6 is 11.8 Å². The Morgan fingerprint density at radius 1 is 0.556 bits per heavy atom. The van der Waals surface area contributed by atoms with Crippen molar-refractivity contribution < 1.29 is 0 Å². The molecule has 0 aliphatic rings. The molecule has 27 heavy (non-hydrogen) atoms. The zero-order valence-electron chi connectivity index (χ0n) is 16.3. The molecule has 1 heteroatoms. The molecule has 0 amide bonds. The van der Waals surface area contributed by atoms with Gasteiger partial charge in [0.2, 0.25) is 0 Å². The van der Waals surface area contributed by atoms with Crippen LogP contribution in [0.4, 0.5) is 0 Å². The summed E-state index contributed by atoms with van der Waals surface area (Å²) in [5.74, 6) is 1.17. The molecule has 0 N–H and O–H groups in total. The van der Waals surface area contributed by atoms with Gasteiger partial charge in [-0.25, -0.2) is 0 Å². The van der Waals surface area contributed by atoms with Crippen molar-refractivity contribution in [1.29, 1.82) is 0 Å². The molecule has 0 bridgehead atoms. The fourth-order valence-corrected chi connectivity index (χ4v) is 5.26. The maximum Gasteiger partial charge on any atom is 0.0906 e. The van der Waals surface area contributed by atoms with Gasteiger partial charge in [0, 0.05) is 0 Å². The van der Waals surface area contributed by atoms with Gasteiger partial charge in [-0.15, -0.1) is 11.8 Å². The minimum Gasteiger partial charge on any atom is -0.141 e. The maximum atomic E-state index is 2.28. The summed E-state index contributed by atoms with van der Waals surface area (Å²) >= 11 is 2.09. The number of hydrogen-bond acceptors (Lipinski definition) is 1. The maximum absolute atomic E-state index is 2.28. The fourth-order valence-electron chi connectivity index (χ4n) is 3.70. The normalized spacial score (nSPS) is 11.4. The Hall–Kier alpha value is -1.99. The van der Waals surface area contributed by atoms with E-state index in [4.69, 9.17) is 0 Å². The second-order valence-electron chi connectivity index (χ2n) is 7.04. The van der Waals surface area contributed by atoms with Crippen LogP contribution in [-0.4, -0.2) is 5.75 Å². The van der Waals surface area contributed by atoms with Crippen LogP contribution < -0.4 is 0 Å². The summed E-state index contributed by atoms with van der Waals surface area (Å²) in [6.07, 6.45) is 6.61. The zero-order valence-corrected chi connectivity index (χ0v) is 17.1. The molecule has 0 heterocycles. The van der Waals surface area contributed by atoms with Crippen LogP contribution in [0.1, 0.15) is 55.7 Å². The Kier molecular flexibility index (Phi) is 7.59. The van der Waals surface area contributed by atoms with Crippen LogP contribution in [0.3, 0.4) is 0 Å². The molecule has 0 nitrogen and oxygen atoms in total.